The van der Waals surface area contributed by atoms with Crippen LogP contribution in [0.5, 0.6) is 5.75 Å². The van der Waals surface area contributed by atoms with Crippen LogP contribution in [0.2, 0.25) is 0 Å². The summed E-state index contributed by atoms with van der Waals surface area (Å²) in [6, 6.07) is 16.7. The van der Waals surface area contributed by atoms with Crippen LogP contribution >= 0.6 is 0 Å². The van der Waals surface area contributed by atoms with Gasteiger partial charge in [-0.1, -0.05) is 42.5 Å². The Morgan fingerprint density at radius 1 is 1.18 bits per heavy atom. The number of fused-ring (bicyclic) bond motifs is 1. The molecule has 2 aromatic rings. The number of benzene rings is 2. The number of nitrogens with zero attached hydrogens (tertiary/aromatic N) is 1. The molecule has 0 aromatic heterocycles. The van der Waals surface area contributed by atoms with Crippen molar-refractivity contribution in [2.24, 2.45) is 0 Å². The van der Waals surface area contributed by atoms with E-state index < -0.39 is 12.2 Å². The third-order valence-electron chi connectivity index (χ3n) is 3.47. The average Bonchev–Trinajstić information content (AvgIpc) is 2.59. The molecule has 0 unspecified atom stereocenters. The van der Waals surface area contributed by atoms with Gasteiger partial charge in [0.05, 0.1) is 18.8 Å². The van der Waals surface area contributed by atoms with Gasteiger partial charge in [-0.2, -0.15) is 0 Å². The van der Waals surface area contributed by atoms with E-state index in [2.05, 4.69) is 0 Å². The third-order valence-corrected chi connectivity index (χ3v) is 3.47. The molecule has 0 fully saturated rings. The van der Waals surface area contributed by atoms with Gasteiger partial charge in [0.2, 0.25) is 0 Å². The number of amides is 1. The Morgan fingerprint density at radius 2 is 1.91 bits per heavy atom. The zero-order chi connectivity index (χ0) is 15.4. The number of anilines is 1. The van der Waals surface area contributed by atoms with Crippen LogP contribution in [0.1, 0.15) is 5.56 Å². The predicted molar refractivity (Wildman–Crippen MR) is 81.9 cm³/mol. The highest BCUT2D eigenvalue weighted by Crippen LogP contribution is 2.33. The zero-order valence-corrected chi connectivity index (χ0v) is 12.0. The maximum atomic E-state index is 12.4. The summed E-state index contributed by atoms with van der Waals surface area (Å²) in [5.41, 5.74) is 1.58. The number of rotatable bonds is 3. The van der Waals surface area contributed by atoms with E-state index in [0.717, 1.165) is 5.56 Å². The molecular formula is C17H17NO4. The Kier molecular flexibility index (Phi) is 4.25. The van der Waals surface area contributed by atoms with Crippen LogP contribution in [0.3, 0.4) is 0 Å². The molecule has 114 valence electrons. The van der Waals surface area contributed by atoms with E-state index >= 15 is 0 Å². The Labute approximate surface area is 128 Å². The summed E-state index contributed by atoms with van der Waals surface area (Å²) in [5.74, 6) is 0.574. The van der Waals surface area contributed by atoms with Crippen LogP contribution in [0.4, 0.5) is 10.5 Å². The van der Waals surface area contributed by atoms with Crippen LogP contribution in [0, 0.1) is 0 Å². The number of ether oxygens (including phenoxy) is 2. The number of aliphatic hydroxyl groups is 1. The van der Waals surface area contributed by atoms with Crippen LogP contribution in [0.15, 0.2) is 54.6 Å². The van der Waals surface area contributed by atoms with Gasteiger partial charge in [-0.15, -0.1) is 0 Å². The molecule has 22 heavy (non-hydrogen) atoms. The predicted octanol–water partition coefficient (Wildman–Crippen LogP) is 2.58. The molecule has 1 amide bonds. The summed E-state index contributed by atoms with van der Waals surface area (Å²) >= 11 is 0. The summed E-state index contributed by atoms with van der Waals surface area (Å²) in [5, 5.41) is 9.32. The van der Waals surface area contributed by atoms with Crippen LogP contribution in [0.25, 0.3) is 0 Å². The number of hydrogen-bond acceptors (Lipinski definition) is 4. The third kappa shape index (κ3) is 3.04. The SMILES string of the molecule is O=C(OCc1ccccc1)N1C[C@H](CO)Oc2ccccc21. The van der Waals surface area contributed by atoms with Crippen molar-refractivity contribution in [1.29, 1.82) is 0 Å². The van der Waals surface area contributed by atoms with E-state index in [1.165, 1.54) is 4.90 Å². The second kappa shape index (κ2) is 6.49. The minimum atomic E-state index is -0.446. The van der Waals surface area contributed by atoms with Gasteiger partial charge in [-0.3, -0.25) is 4.90 Å². The first-order chi connectivity index (χ1) is 10.8. The quantitative estimate of drug-likeness (QED) is 0.946. The fraction of sp³-hybridized carbons (Fsp3) is 0.235. The monoisotopic (exact) mass is 299 g/mol. The molecule has 0 saturated carbocycles. The molecule has 1 heterocycles. The maximum absolute atomic E-state index is 12.4. The van der Waals surface area contributed by atoms with Crippen molar-refractivity contribution in [3.05, 3.63) is 60.2 Å². The number of hydrogen-bond donors (Lipinski definition) is 1. The molecule has 0 bridgehead atoms. The van der Waals surface area contributed by atoms with E-state index in [4.69, 9.17) is 9.47 Å². The highest BCUT2D eigenvalue weighted by atomic mass is 16.6. The largest absolute Gasteiger partial charge is 0.484 e. The van der Waals surface area contributed by atoms with Crippen molar-refractivity contribution in [2.75, 3.05) is 18.1 Å². The zero-order valence-electron chi connectivity index (χ0n) is 12.0. The van der Waals surface area contributed by atoms with E-state index in [1.54, 1.807) is 12.1 Å². The molecule has 5 nitrogen and oxygen atoms in total. The topological polar surface area (TPSA) is 59.0 Å². The van der Waals surface area contributed by atoms with Gasteiger partial charge in [-0.25, -0.2) is 4.79 Å². The summed E-state index contributed by atoms with van der Waals surface area (Å²) < 4.78 is 11.0. The lowest BCUT2D eigenvalue weighted by atomic mass is 10.2. The van der Waals surface area contributed by atoms with Crippen molar-refractivity contribution < 1.29 is 19.4 Å². The standard InChI is InChI=1S/C17H17NO4/c19-11-14-10-18(15-8-4-5-9-16(15)22-14)17(20)21-12-13-6-2-1-3-7-13/h1-9,14,19H,10-12H2/t14-/m1/s1. The molecular weight excluding hydrogens is 282 g/mol. The van der Waals surface area contributed by atoms with Crippen molar-refractivity contribution in [1.82, 2.24) is 0 Å². The fourth-order valence-corrected chi connectivity index (χ4v) is 2.36. The number of para-hydroxylation sites is 2. The molecule has 0 aliphatic carbocycles. The highest BCUT2D eigenvalue weighted by molar-refractivity contribution is 5.90. The van der Waals surface area contributed by atoms with E-state index in [-0.39, 0.29) is 19.8 Å². The van der Waals surface area contributed by atoms with Crippen LogP contribution in [-0.2, 0) is 11.3 Å². The summed E-state index contributed by atoms with van der Waals surface area (Å²) in [6.07, 6.45) is -0.891. The minimum Gasteiger partial charge on any atom is -0.484 e. The lowest BCUT2D eigenvalue weighted by Gasteiger charge is -2.33. The number of carbonyl (C=O) groups is 1. The van der Waals surface area contributed by atoms with Gasteiger partial charge in [-0.05, 0) is 17.7 Å². The summed E-state index contributed by atoms with van der Waals surface area (Å²) in [6.45, 7) is 0.320. The Hall–Kier alpha value is -2.53. The smallest absolute Gasteiger partial charge is 0.414 e. The number of aliphatic hydroxyl groups excluding tert-OH is 1. The second-order valence-corrected chi connectivity index (χ2v) is 5.04. The van der Waals surface area contributed by atoms with Gasteiger partial charge >= 0.3 is 6.09 Å². The highest BCUT2D eigenvalue weighted by Gasteiger charge is 2.30. The van der Waals surface area contributed by atoms with Crippen molar-refractivity contribution in [3.63, 3.8) is 0 Å². The first-order valence-electron chi connectivity index (χ1n) is 7.12. The van der Waals surface area contributed by atoms with Gasteiger partial charge < -0.3 is 14.6 Å². The molecule has 0 spiro atoms. The van der Waals surface area contributed by atoms with Crippen molar-refractivity contribution >= 4 is 11.8 Å². The first kappa shape index (κ1) is 14.4. The lowest BCUT2D eigenvalue weighted by Crippen LogP contribution is -2.45. The Morgan fingerprint density at radius 3 is 2.68 bits per heavy atom. The Balaban J connectivity index is 1.74. The molecule has 2 aromatic carbocycles. The second-order valence-electron chi connectivity index (χ2n) is 5.04. The van der Waals surface area contributed by atoms with E-state index in [1.807, 2.05) is 42.5 Å². The van der Waals surface area contributed by atoms with Crippen LogP contribution in [-0.4, -0.2) is 30.5 Å². The maximum Gasteiger partial charge on any atom is 0.414 e. The normalized spacial score (nSPS) is 16.6. The molecule has 1 atom stereocenters. The van der Waals surface area contributed by atoms with Crippen molar-refractivity contribution in [3.8, 4) is 5.75 Å². The van der Waals surface area contributed by atoms with Gasteiger partial charge in [0, 0.05) is 0 Å². The fourth-order valence-electron chi connectivity index (χ4n) is 2.36. The molecule has 1 aliphatic rings. The first-order valence-corrected chi connectivity index (χ1v) is 7.12. The lowest BCUT2D eigenvalue weighted by molar-refractivity contribution is 0.103. The molecule has 3 rings (SSSR count). The van der Waals surface area contributed by atoms with E-state index in [0.29, 0.717) is 11.4 Å². The minimum absolute atomic E-state index is 0.156. The molecule has 1 aliphatic heterocycles. The average molecular weight is 299 g/mol. The van der Waals surface area contributed by atoms with Crippen LogP contribution < -0.4 is 9.64 Å². The Bertz CT molecular complexity index is 644. The molecule has 1 N–H and O–H groups in total. The van der Waals surface area contributed by atoms with Gasteiger partial charge in [0.25, 0.3) is 0 Å². The molecule has 5 heteroatoms. The molecule has 0 radical (unpaired) electrons. The van der Waals surface area contributed by atoms with Crippen molar-refractivity contribution in [2.45, 2.75) is 12.7 Å². The van der Waals surface area contributed by atoms with Gasteiger partial charge in [0.15, 0.2) is 0 Å². The molecule has 0 saturated heterocycles. The summed E-state index contributed by atoms with van der Waals surface area (Å²) in [4.78, 5) is 13.9. The summed E-state index contributed by atoms with van der Waals surface area (Å²) in [7, 11) is 0. The van der Waals surface area contributed by atoms with E-state index in [9.17, 15) is 9.90 Å². The van der Waals surface area contributed by atoms with Gasteiger partial charge in [0.1, 0.15) is 18.5 Å². The number of carbonyl (C=O) groups excluding carboxylic acids is 1.